The van der Waals surface area contributed by atoms with E-state index in [1.807, 2.05) is 0 Å². The number of hydrogen-bond donors (Lipinski definition) is 2. The van der Waals surface area contributed by atoms with Crippen LogP contribution < -0.4 is 5.32 Å². The van der Waals surface area contributed by atoms with Gasteiger partial charge in [-0.2, -0.15) is 0 Å². The summed E-state index contributed by atoms with van der Waals surface area (Å²) in [4.78, 5) is 11.6. The van der Waals surface area contributed by atoms with E-state index in [0.717, 1.165) is 13.1 Å². The number of hydrogen-bond acceptors (Lipinski definition) is 3. The molecule has 2 N–H and O–H groups in total. The molecule has 5 heteroatoms. The third-order valence-corrected chi connectivity index (χ3v) is 3.93. The Morgan fingerprint density at radius 3 is 2.54 bits per heavy atom. The average molecular weight is 206 g/mol. The fourth-order valence-corrected chi connectivity index (χ4v) is 3.21. The van der Waals surface area contributed by atoms with Crippen LogP contribution in [0.3, 0.4) is 0 Å². The van der Waals surface area contributed by atoms with Crippen LogP contribution in [0, 0.1) is 0 Å². The van der Waals surface area contributed by atoms with Gasteiger partial charge in [0.25, 0.3) is 0 Å². The summed E-state index contributed by atoms with van der Waals surface area (Å²) in [5, 5.41) is 2.76. The molecule has 0 aromatic carbocycles. The van der Waals surface area contributed by atoms with Crippen LogP contribution >= 0.6 is 7.37 Å². The largest absolute Gasteiger partial charge is 0.343 e. The molecule has 1 aliphatic heterocycles. The Balaban J connectivity index is 2.32. The number of piperidine rings is 1. The van der Waals surface area contributed by atoms with Crippen LogP contribution in [0.2, 0.25) is 0 Å². The number of nitrogens with one attached hydrogen (secondary N) is 1. The molecule has 1 atom stereocenters. The zero-order valence-electron chi connectivity index (χ0n) is 8.20. The normalized spacial score (nSPS) is 24.2. The van der Waals surface area contributed by atoms with Crippen molar-refractivity contribution in [1.82, 2.24) is 10.2 Å². The summed E-state index contributed by atoms with van der Waals surface area (Å²) < 4.78 is 11.5. The molecule has 0 aromatic rings. The van der Waals surface area contributed by atoms with Gasteiger partial charge in [0.15, 0.2) is 0 Å². The molecule has 78 valence electrons. The Morgan fingerprint density at radius 1 is 1.38 bits per heavy atom. The summed E-state index contributed by atoms with van der Waals surface area (Å²) in [6.07, 6.45) is 4.18. The molecule has 1 unspecified atom stereocenters. The van der Waals surface area contributed by atoms with Crippen molar-refractivity contribution in [3.05, 3.63) is 0 Å². The first-order chi connectivity index (χ1) is 6.14. The van der Waals surface area contributed by atoms with Crippen molar-refractivity contribution in [2.75, 3.05) is 32.7 Å². The molecule has 0 aromatic heterocycles. The van der Waals surface area contributed by atoms with Crippen molar-refractivity contribution in [1.29, 1.82) is 0 Å². The summed E-state index contributed by atoms with van der Waals surface area (Å²) in [7, 11) is -1.24. The molecule has 1 aliphatic rings. The Hall–Kier alpha value is 0.110. The van der Waals surface area contributed by atoms with E-state index in [1.165, 1.54) is 19.3 Å². The molecular formula is C8H19N2O2P. The SMILES string of the molecule is CNCP(=O)(O)CN1CCCCC1. The zero-order chi connectivity index (χ0) is 9.73. The van der Waals surface area contributed by atoms with Crippen molar-refractivity contribution in [3.8, 4) is 0 Å². The van der Waals surface area contributed by atoms with Gasteiger partial charge in [0.05, 0.1) is 12.6 Å². The Kier molecular flexibility index (Phi) is 4.39. The van der Waals surface area contributed by atoms with E-state index in [4.69, 9.17) is 0 Å². The molecule has 0 bridgehead atoms. The number of nitrogens with zero attached hydrogens (tertiary/aromatic N) is 1. The van der Waals surface area contributed by atoms with Gasteiger partial charge in [0.1, 0.15) is 0 Å². The van der Waals surface area contributed by atoms with Crippen LogP contribution in [0.5, 0.6) is 0 Å². The van der Waals surface area contributed by atoms with Crippen molar-refractivity contribution >= 4 is 7.37 Å². The monoisotopic (exact) mass is 206 g/mol. The quantitative estimate of drug-likeness (QED) is 0.670. The van der Waals surface area contributed by atoms with Gasteiger partial charge in [-0.1, -0.05) is 6.42 Å². The number of likely N-dealkylation sites (tertiary alicyclic amines) is 1. The summed E-state index contributed by atoms with van der Waals surface area (Å²) in [6, 6.07) is 0. The highest BCUT2D eigenvalue weighted by Gasteiger charge is 2.22. The lowest BCUT2D eigenvalue weighted by Crippen LogP contribution is -2.31. The van der Waals surface area contributed by atoms with Crippen LogP contribution in [0.1, 0.15) is 19.3 Å². The second-order valence-corrected chi connectivity index (χ2v) is 5.97. The summed E-state index contributed by atoms with van der Waals surface area (Å²) in [6.45, 7) is 1.96. The lowest BCUT2D eigenvalue weighted by atomic mass is 10.1. The first kappa shape index (κ1) is 11.2. The topological polar surface area (TPSA) is 52.6 Å². The molecule has 0 spiro atoms. The molecule has 4 nitrogen and oxygen atoms in total. The maximum Gasteiger partial charge on any atom is 0.227 e. The van der Waals surface area contributed by atoms with Crippen LogP contribution in [-0.2, 0) is 4.57 Å². The van der Waals surface area contributed by atoms with Crippen molar-refractivity contribution in [3.63, 3.8) is 0 Å². The van der Waals surface area contributed by atoms with E-state index < -0.39 is 7.37 Å². The third kappa shape index (κ3) is 4.23. The molecular weight excluding hydrogens is 187 g/mol. The van der Waals surface area contributed by atoms with Crippen LogP contribution in [0.15, 0.2) is 0 Å². The van der Waals surface area contributed by atoms with Crippen LogP contribution in [0.4, 0.5) is 0 Å². The van der Waals surface area contributed by atoms with Gasteiger partial charge in [0.2, 0.25) is 7.37 Å². The smallest absolute Gasteiger partial charge is 0.227 e. The van der Waals surface area contributed by atoms with E-state index in [9.17, 15) is 9.46 Å². The number of rotatable bonds is 4. The molecule has 0 saturated carbocycles. The van der Waals surface area contributed by atoms with Gasteiger partial charge < -0.3 is 10.2 Å². The van der Waals surface area contributed by atoms with Crippen LogP contribution in [-0.4, -0.2) is 42.5 Å². The van der Waals surface area contributed by atoms with Crippen LogP contribution in [0.25, 0.3) is 0 Å². The highest BCUT2D eigenvalue weighted by Crippen LogP contribution is 2.39. The summed E-state index contributed by atoms with van der Waals surface area (Å²) >= 11 is 0. The lowest BCUT2D eigenvalue weighted by Gasteiger charge is -2.28. The van der Waals surface area contributed by atoms with E-state index in [-0.39, 0.29) is 6.29 Å². The first-order valence-corrected chi connectivity index (χ1v) is 6.85. The molecule has 1 rings (SSSR count). The summed E-state index contributed by atoms with van der Waals surface area (Å²) in [5.74, 6) is 0. The van der Waals surface area contributed by atoms with E-state index in [2.05, 4.69) is 10.2 Å². The van der Waals surface area contributed by atoms with Gasteiger partial charge in [-0.3, -0.25) is 9.46 Å². The molecule has 1 saturated heterocycles. The third-order valence-electron chi connectivity index (χ3n) is 2.27. The molecule has 0 amide bonds. The fraction of sp³-hybridized carbons (Fsp3) is 1.00. The maximum atomic E-state index is 11.5. The average Bonchev–Trinajstić information content (AvgIpc) is 2.04. The Labute approximate surface area is 79.8 Å². The minimum atomic E-state index is -2.95. The lowest BCUT2D eigenvalue weighted by molar-refractivity contribution is 0.253. The first-order valence-electron chi connectivity index (χ1n) is 4.82. The van der Waals surface area contributed by atoms with Crippen molar-refractivity contribution in [2.24, 2.45) is 0 Å². The fourth-order valence-electron chi connectivity index (χ4n) is 1.71. The highest BCUT2D eigenvalue weighted by atomic mass is 31.2. The molecule has 1 heterocycles. The highest BCUT2D eigenvalue weighted by molar-refractivity contribution is 7.57. The standard InChI is InChI=1S/C8H19N2O2P/c1-9-7-13(11,12)8-10-5-3-2-4-6-10/h9H,2-8H2,1H3,(H,11,12). The van der Waals surface area contributed by atoms with E-state index >= 15 is 0 Å². The minimum absolute atomic E-state index is 0.226. The second-order valence-electron chi connectivity index (χ2n) is 3.68. The molecule has 0 aliphatic carbocycles. The van der Waals surface area contributed by atoms with Gasteiger partial charge in [-0.15, -0.1) is 0 Å². The van der Waals surface area contributed by atoms with Gasteiger partial charge in [-0.05, 0) is 33.0 Å². The predicted octanol–water partition coefficient (Wildman–Crippen LogP) is 0.877. The summed E-state index contributed by atoms with van der Waals surface area (Å²) in [5.41, 5.74) is 0. The molecule has 0 radical (unpaired) electrons. The van der Waals surface area contributed by atoms with E-state index in [0.29, 0.717) is 6.29 Å². The van der Waals surface area contributed by atoms with Crippen molar-refractivity contribution in [2.45, 2.75) is 19.3 Å². The maximum absolute atomic E-state index is 11.5. The molecule has 13 heavy (non-hydrogen) atoms. The van der Waals surface area contributed by atoms with Gasteiger partial charge in [-0.25, -0.2) is 0 Å². The Morgan fingerprint density at radius 2 is 2.00 bits per heavy atom. The predicted molar refractivity (Wildman–Crippen MR) is 54.0 cm³/mol. The zero-order valence-corrected chi connectivity index (χ0v) is 9.09. The molecule has 1 fully saturated rings. The Bertz CT molecular complexity index is 193. The van der Waals surface area contributed by atoms with Gasteiger partial charge >= 0.3 is 0 Å². The van der Waals surface area contributed by atoms with Gasteiger partial charge in [0, 0.05) is 0 Å². The van der Waals surface area contributed by atoms with E-state index in [1.54, 1.807) is 7.05 Å². The minimum Gasteiger partial charge on any atom is -0.343 e. The second kappa shape index (κ2) is 5.11. The van der Waals surface area contributed by atoms with Crippen molar-refractivity contribution < 1.29 is 9.46 Å².